The summed E-state index contributed by atoms with van der Waals surface area (Å²) in [4.78, 5) is 7.38. The maximum absolute atomic E-state index is 5.84. The zero-order valence-electron chi connectivity index (χ0n) is 12.5. The fourth-order valence-corrected chi connectivity index (χ4v) is 3.15. The highest BCUT2D eigenvalue weighted by Gasteiger charge is 2.30. The van der Waals surface area contributed by atoms with Crippen molar-refractivity contribution in [2.75, 3.05) is 4.90 Å². The van der Waals surface area contributed by atoms with Crippen LogP contribution in [0, 0.1) is 0 Å². The lowest BCUT2D eigenvalue weighted by Crippen LogP contribution is -2.35. The largest absolute Gasteiger partial charge is 0.351 e. The van der Waals surface area contributed by atoms with Gasteiger partial charge in [-0.05, 0) is 50.3 Å². The predicted octanol–water partition coefficient (Wildman–Crippen LogP) is 3.26. The SMILES string of the molecule is CCCc1cc(CN)cc(N2C(C)CCC2CC)n1. The number of nitrogens with two attached hydrogens (primary N) is 1. The van der Waals surface area contributed by atoms with Crippen LogP contribution in [0.5, 0.6) is 0 Å². The average Bonchev–Trinajstić information content (AvgIpc) is 2.79. The first-order valence-corrected chi connectivity index (χ1v) is 7.67. The van der Waals surface area contributed by atoms with Crippen molar-refractivity contribution in [2.45, 2.75) is 71.5 Å². The Morgan fingerprint density at radius 1 is 1.32 bits per heavy atom. The molecule has 0 bridgehead atoms. The Morgan fingerprint density at radius 2 is 2.11 bits per heavy atom. The zero-order valence-corrected chi connectivity index (χ0v) is 12.5. The fraction of sp³-hybridized carbons (Fsp3) is 0.688. The minimum absolute atomic E-state index is 0.597. The predicted molar refractivity (Wildman–Crippen MR) is 81.4 cm³/mol. The van der Waals surface area contributed by atoms with Crippen molar-refractivity contribution < 1.29 is 0 Å². The quantitative estimate of drug-likeness (QED) is 0.884. The van der Waals surface area contributed by atoms with Gasteiger partial charge in [0, 0.05) is 24.3 Å². The normalized spacial score (nSPS) is 23.1. The molecule has 0 saturated carbocycles. The molecule has 0 aromatic carbocycles. The van der Waals surface area contributed by atoms with Crippen molar-refractivity contribution in [3.63, 3.8) is 0 Å². The lowest BCUT2D eigenvalue weighted by molar-refractivity contribution is 0.619. The molecule has 0 aliphatic carbocycles. The first-order valence-electron chi connectivity index (χ1n) is 7.67. The number of hydrogen-bond donors (Lipinski definition) is 1. The van der Waals surface area contributed by atoms with Crippen molar-refractivity contribution in [2.24, 2.45) is 5.73 Å². The molecule has 1 aliphatic rings. The van der Waals surface area contributed by atoms with Crippen LogP contribution in [0.4, 0.5) is 5.82 Å². The molecule has 3 nitrogen and oxygen atoms in total. The van der Waals surface area contributed by atoms with Crippen molar-refractivity contribution in [1.29, 1.82) is 0 Å². The molecule has 106 valence electrons. The van der Waals surface area contributed by atoms with Crippen LogP contribution in [0.25, 0.3) is 0 Å². The van der Waals surface area contributed by atoms with Gasteiger partial charge in [0.25, 0.3) is 0 Å². The van der Waals surface area contributed by atoms with Crippen molar-refractivity contribution in [1.82, 2.24) is 4.98 Å². The van der Waals surface area contributed by atoms with Crippen LogP contribution in [0.15, 0.2) is 12.1 Å². The minimum atomic E-state index is 0.597. The second kappa shape index (κ2) is 6.38. The van der Waals surface area contributed by atoms with E-state index in [4.69, 9.17) is 10.7 Å². The summed E-state index contributed by atoms with van der Waals surface area (Å²) in [5.41, 5.74) is 8.24. The Bertz CT molecular complexity index is 416. The summed E-state index contributed by atoms with van der Waals surface area (Å²) in [7, 11) is 0. The molecule has 2 rings (SSSR count). The summed E-state index contributed by atoms with van der Waals surface area (Å²) in [6.45, 7) is 7.39. The van der Waals surface area contributed by atoms with Crippen molar-refractivity contribution in [3.05, 3.63) is 23.4 Å². The maximum atomic E-state index is 5.84. The Balaban J connectivity index is 2.34. The summed E-state index contributed by atoms with van der Waals surface area (Å²) >= 11 is 0. The van der Waals surface area contributed by atoms with E-state index in [1.54, 1.807) is 0 Å². The summed E-state index contributed by atoms with van der Waals surface area (Å²) in [6.07, 6.45) is 5.93. The van der Waals surface area contributed by atoms with Crippen LogP contribution in [0.3, 0.4) is 0 Å². The minimum Gasteiger partial charge on any atom is -0.351 e. The molecule has 0 spiro atoms. The van der Waals surface area contributed by atoms with Gasteiger partial charge < -0.3 is 10.6 Å². The van der Waals surface area contributed by atoms with E-state index in [0.29, 0.717) is 18.6 Å². The zero-order chi connectivity index (χ0) is 13.8. The van der Waals surface area contributed by atoms with Gasteiger partial charge in [0.05, 0.1) is 0 Å². The van der Waals surface area contributed by atoms with Crippen LogP contribution < -0.4 is 10.6 Å². The molecule has 1 fully saturated rings. The van der Waals surface area contributed by atoms with Gasteiger partial charge in [-0.1, -0.05) is 20.3 Å². The van der Waals surface area contributed by atoms with E-state index < -0.39 is 0 Å². The Kier molecular flexibility index (Phi) is 4.81. The van der Waals surface area contributed by atoms with E-state index in [-0.39, 0.29) is 0 Å². The third-order valence-corrected chi connectivity index (χ3v) is 4.19. The van der Waals surface area contributed by atoms with Gasteiger partial charge in [0.1, 0.15) is 5.82 Å². The number of anilines is 1. The van der Waals surface area contributed by atoms with E-state index in [2.05, 4.69) is 37.8 Å². The molecule has 3 heteroatoms. The van der Waals surface area contributed by atoms with Crippen molar-refractivity contribution in [3.8, 4) is 0 Å². The summed E-state index contributed by atoms with van der Waals surface area (Å²) in [5, 5.41) is 0. The van der Waals surface area contributed by atoms with Crippen LogP contribution in [-0.2, 0) is 13.0 Å². The van der Waals surface area contributed by atoms with Gasteiger partial charge in [0.2, 0.25) is 0 Å². The first kappa shape index (κ1) is 14.3. The van der Waals surface area contributed by atoms with Crippen molar-refractivity contribution >= 4 is 5.82 Å². The second-order valence-corrected chi connectivity index (χ2v) is 5.67. The number of pyridine rings is 1. The lowest BCUT2D eigenvalue weighted by atomic mass is 10.1. The Labute approximate surface area is 117 Å². The van der Waals surface area contributed by atoms with E-state index in [9.17, 15) is 0 Å². The standard InChI is InChI=1S/C16H27N3/c1-4-6-14-9-13(11-17)10-16(18-14)19-12(3)7-8-15(19)5-2/h9-10,12,15H,4-8,11,17H2,1-3H3. The first-order chi connectivity index (χ1) is 9.19. The van der Waals surface area contributed by atoms with Gasteiger partial charge in [-0.2, -0.15) is 0 Å². The van der Waals surface area contributed by atoms with Gasteiger partial charge >= 0.3 is 0 Å². The molecule has 0 radical (unpaired) electrons. The third-order valence-electron chi connectivity index (χ3n) is 4.19. The van der Waals surface area contributed by atoms with E-state index in [1.165, 1.54) is 30.5 Å². The van der Waals surface area contributed by atoms with Crippen LogP contribution in [0.2, 0.25) is 0 Å². The van der Waals surface area contributed by atoms with Gasteiger partial charge in [-0.25, -0.2) is 4.98 Å². The molecule has 1 aliphatic heterocycles. The molecular weight excluding hydrogens is 234 g/mol. The average molecular weight is 261 g/mol. The molecule has 2 unspecified atom stereocenters. The molecule has 2 atom stereocenters. The molecule has 2 heterocycles. The molecule has 0 amide bonds. The molecule has 1 saturated heterocycles. The molecular formula is C16H27N3. The van der Waals surface area contributed by atoms with Gasteiger partial charge in [-0.3, -0.25) is 0 Å². The highest BCUT2D eigenvalue weighted by molar-refractivity contribution is 5.46. The van der Waals surface area contributed by atoms with E-state index in [1.807, 2.05) is 0 Å². The number of nitrogens with zero attached hydrogens (tertiary/aromatic N) is 2. The topological polar surface area (TPSA) is 42.1 Å². The Morgan fingerprint density at radius 3 is 2.74 bits per heavy atom. The highest BCUT2D eigenvalue weighted by Crippen LogP contribution is 2.31. The monoisotopic (exact) mass is 261 g/mol. The summed E-state index contributed by atoms with van der Waals surface area (Å²) in [5.74, 6) is 1.14. The van der Waals surface area contributed by atoms with Crippen LogP contribution in [-0.4, -0.2) is 17.1 Å². The van der Waals surface area contributed by atoms with Crippen LogP contribution in [0.1, 0.15) is 57.7 Å². The molecule has 1 aromatic rings. The number of hydrogen-bond acceptors (Lipinski definition) is 3. The van der Waals surface area contributed by atoms with E-state index in [0.717, 1.165) is 18.7 Å². The van der Waals surface area contributed by atoms with Gasteiger partial charge in [-0.15, -0.1) is 0 Å². The second-order valence-electron chi connectivity index (χ2n) is 5.67. The van der Waals surface area contributed by atoms with Crippen LogP contribution >= 0.6 is 0 Å². The van der Waals surface area contributed by atoms with Gasteiger partial charge in [0.15, 0.2) is 0 Å². The number of aryl methyl sites for hydroxylation is 1. The lowest BCUT2D eigenvalue weighted by Gasteiger charge is -2.30. The maximum Gasteiger partial charge on any atom is 0.129 e. The number of rotatable bonds is 5. The smallest absolute Gasteiger partial charge is 0.129 e. The number of aromatic nitrogens is 1. The molecule has 1 aromatic heterocycles. The fourth-order valence-electron chi connectivity index (χ4n) is 3.15. The summed E-state index contributed by atoms with van der Waals surface area (Å²) in [6, 6.07) is 5.59. The summed E-state index contributed by atoms with van der Waals surface area (Å²) < 4.78 is 0. The third kappa shape index (κ3) is 3.08. The molecule has 2 N–H and O–H groups in total. The Hall–Kier alpha value is -1.09. The molecule has 19 heavy (non-hydrogen) atoms. The highest BCUT2D eigenvalue weighted by atomic mass is 15.3. The van der Waals surface area contributed by atoms with E-state index >= 15 is 0 Å².